The van der Waals surface area contributed by atoms with Gasteiger partial charge in [0.15, 0.2) is 6.61 Å². The predicted molar refractivity (Wildman–Crippen MR) is 101 cm³/mol. The summed E-state index contributed by atoms with van der Waals surface area (Å²) in [5.41, 5.74) is 0.924. The van der Waals surface area contributed by atoms with Crippen molar-refractivity contribution in [2.75, 3.05) is 18.5 Å². The minimum absolute atomic E-state index is 0.393. The Labute approximate surface area is 157 Å². The molecule has 2 rings (SSSR count). The standard InChI is InChI=1S/C20H22N2O5/c1-3-26-17-12-8-7-11-16(17)22-18(23)13-27-20(25)14(2)21-19(24)15-9-5-4-6-10-15/h4-12,14H,3,13H2,1-2H3,(H,21,24)(H,22,23). The van der Waals surface area contributed by atoms with Gasteiger partial charge in [0, 0.05) is 5.56 Å². The van der Waals surface area contributed by atoms with Gasteiger partial charge in [-0.1, -0.05) is 30.3 Å². The molecule has 0 saturated heterocycles. The van der Waals surface area contributed by atoms with Crippen molar-refractivity contribution in [3.05, 3.63) is 60.2 Å². The van der Waals surface area contributed by atoms with E-state index >= 15 is 0 Å². The number of esters is 1. The van der Waals surface area contributed by atoms with E-state index in [1.54, 1.807) is 54.6 Å². The van der Waals surface area contributed by atoms with Crippen LogP contribution in [0.5, 0.6) is 5.75 Å². The van der Waals surface area contributed by atoms with E-state index in [4.69, 9.17) is 9.47 Å². The molecule has 0 bridgehead atoms. The Morgan fingerprint density at radius 2 is 1.67 bits per heavy atom. The fourth-order valence-electron chi connectivity index (χ4n) is 2.23. The van der Waals surface area contributed by atoms with Gasteiger partial charge in [0.2, 0.25) is 0 Å². The van der Waals surface area contributed by atoms with E-state index in [2.05, 4.69) is 10.6 Å². The Balaban J connectivity index is 1.82. The highest BCUT2D eigenvalue weighted by Crippen LogP contribution is 2.23. The molecule has 0 aliphatic carbocycles. The number of benzene rings is 2. The molecule has 2 aromatic rings. The molecule has 2 aromatic carbocycles. The van der Waals surface area contributed by atoms with Crippen LogP contribution in [0.4, 0.5) is 5.69 Å². The number of hydrogen-bond acceptors (Lipinski definition) is 5. The molecule has 2 amide bonds. The second kappa shape index (κ2) is 9.96. The van der Waals surface area contributed by atoms with Gasteiger partial charge < -0.3 is 20.1 Å². The van der Waals surface area contributed by atoms with Crippen molar-refractivity contribution in [3.63, 3.8) is 0 Å². The fourth-order valence-corrected chi connectivity index (χ4v) is 2.23. The van der Waals surface area contributed by atoms with Gasteiger partial charge in [-0.25, -0.2) is 4.79 Å². The van der Waals surface area contributed by atoms with E-state index < -0.39 is 30.4 Å². The Kier molecular flexibility index (Phi) is 7.37. The monoisotopic (exact) mass is 370 g/mol. The van der Waals surface area contributed by atoms with Crippen LogP contribution >= 0.6 is 0 Å². The lowest BCUT2D eigenvalue weighted by molar-refractivity contribution is -0.148. The molecule has 1 unspecified atom stereocenters. The lowest BCUT2D eigenvalue weighted by atomic mass is 10.2. The summed E-state index contributed by atoms with van der Waals surface area (Å²) in [4.78, 5) is 36.0. The van der Waals surface area contributed by atoms with Crippen LogP contribution in [0.2, 0.25) is 0 Å². The molecule has 0 aromatic heterocycles. The van der Waals surface area contributed by atoms with Gasteiger partial charge in [-0.2, -0.15) is 0 Å². The van der Waals surface area contributed by atoms with Crippen molar-refractivity contribution in [2.24, 2.45) is 0 Å². The van der Waals surface area contributed by atoms with Crippen LogP contribution in [0, 0.1) is 0 Å². The summed E-state index contributed by atoms with van der Waals surface area (Å²) in [6.45, 7) is 3.32. The maximum Gasteiger partial charge on any atom is 0.328 e. The van der Waals surface area contributed by atoms with E-state index in [-0.39, 0.29) is 0 Å². The molecule has 0 spiro atoms. The number of carbonyl (C=O) groups excluding carboxylic acids is 3. The van der Waals surface area contributed by atoms with Crippen LogP contribution in [0.25, 0.3) is 0 Å². The average Bonchev–Trinajstić information content (AvgIpc) is 2.68. The molecule has 0 aliphatic heterocycles. The number of carbonyl (C=O) groups is 3. The van der Waals surface area contributed by atoms with Gasteiger partial charge in [0.25, 0.3) is 11.8 Å². The smallest absolute Gasteiger partial charge is 0.328 e. The summed E-state index contributed by atoms with van der Waals surface area (Å²) in [6, 6.07) is 14.6. The molecule has 1 atom stereocenters. The first-order chi connectivity index (χ1) is 13.0. The predicted octanol–water partition coefficient (Wildman–Crippen LogP) is 2.39. The molecule has 0 heterocycles. The molecule has 7 nitrogen and oxygen atoms in total. The van der Waals surface area contributed by atoms with Crippen LogP contribution < -0.4 is 15.4 Å². The molecule has 2 N–H and O–H groups in total. The summed E-state index contributed by atoms with van der Waals surface area (Å²) >= 11 is 0. The number of rotatable bonds is 8. The number of para-hydroxylation sites is 2. The lowest BCUT2D eigenvalue weighted by Gasteiger charge is -2.14. The van der Waals surface area contributed by atoms with Gasteiger partial charge >= 0.3 is 5.97 Å². The van der Waals surface area contributed by atoms with Gasteiger partial charge in [0.1, 0.15) is 11.8 Å². The second-order valence-electron chi connectivity index (χ2n) is 5.65. The van der Waals surface area contributed by atoms with E-state index in [9.17, 15) is 14.4 Å². The number of amides is 2. The van der Waals surface area contributed by atoms with Crippen LogP contribution in [0.1, 0.15) is 24.2 Å². The van der Waals surface area contributed by atoms with Gasteiger partial charge in [-0.15, -0.1) is 0 Å². The van der Waals surface area contributed by atoms with Crippen LogP contribution in [0.3, 0.4) is 0 Å². The normalized spacial score (nSPS) is 11.2. The number of anilines is 1. The third-order valence-corrected chi connectivity index (χ3v) is 3.54. The first kappa shape index (κ1) is 20.0. The maximum absolute atomic E-state index is 12.0. The first-order valence-electron chi connectivity index (χ1n) is 8.55. The van der Waals surface area contributed by atoms with Crippen LogP contribution in [-0.2, 0) is 14.3 Å². The summed E-state index contributed by atoms with van der Waals surface area (Å²) in [7, 11) is 0. The van der Waals surface area contributed by atoms with E-state index in [1.165, 1.54) is 6.92 Å². The first-order valence-corrected chi connectivity index (χ1v) is 8.55. The summed E-state index contributed by atoms with van der Waals surface area (Å²) in [6.07, 6.45) is 0. The Hall–Kier alpha value is -3.35. The van der Waals surface area contributed by atoms with Crippen molar-refractivity contribution in [1.82, 2.24) is 5.32 Å². The van der Waals surface area contributed by atoms with Crippen molar-refractivity contribution in [1.29, 1.82) is 0 Å². The molecule has 27 heavy (non-hydrogen) atoms. The highest BCUT2D eigenvalue weighted by molar-refractivity contribution is 5.97. The van der Waals surface area contributed by atoms with Crippen molar-refractivity contribution >= 4 is 23.5 Å². The molecular weight excluding hydrogens is 348 g/mol. The van der Waals surface area contributed by atoms with Crippen molar-refractivity contribution in [3.8, 4) is 5.75 Å². The summed E-state index contributed by atoms with van der Waals surface area (Å²) < 4.78 is 10.4. The molecule has 0 saturated carbocycles. The topological polar surface area (TPSA) is 93.7 Å². The zero-order chi connectivity index (χ0) is 19.6. The second-order valence-corrected chi connectivity index (χ2v) is 5.65. The zero-order valence-corrected chi connectivity index (χ0v) is 15.2. The molecular formula is C20H22N2O5. The average molecular weight is 370 g/mol. The summed E-state index contributed by atoms with van der Waals surface area (Å²) in [5, 5.41) is 5.16. The summed E-state index contributed by atoms with van der Waals surface area (Å²) in [5.74, 6) is -1.07. The van der Waals surface area contributed by atoms with Crippen molar-refractivity contribution in [2.45, 2.75) is 19.9 Å². The van der Waals surface area contributed by atoms with Gasteiger partial charge in [-0.3, -0.25) is 9.59 Å². The lowest BCUT2D eigenvalue weighted by Crippen LogP contribution is -2.40. The molecule has 7 heteroatoms. The van der Waals surface area contributed by atoms with E-state index in [1.807, 2.05) is 6.92 Å². The molecule has 142 valence electrons. The third-order valence-electron chi connectivity index (χ3n) is 3.54. The SMILES string of the molecule is CCOc1ccccc1NC(=O)COC(=O)C(C)NC(=O)c1ccccc1. The van der Waals surface area contributed by atoms with Gasteiger partial charge in [-0.05, 0) is 38.1 Å². The Morgan fingerprint density at radius 3 is 2.37 bits per heavy atom. The molecule has 0 aliphatic rings. The number of ether oxygens (including phenoxy) is 2. The Morgan fingerprint density at radius 1 is 1.00 bits per heavy atom. The van der Waals surface area contributed by atoms with Crippen LogP contribution in [-0.4, -0.2) is 37.0 Å². The Bertz CT molecular complexity index is 792. The minimum atomic E-state index is -0.888. The molecule has 0 fully saturated rings. The van der Waals surface area contributed by atoms with E-state index in [0.717, 1.165) is 0 Å². The van der Waals surface area contributed by atoms with Crippen molar-refractivity contribution < 1.29 is 23.9 Å². The number of hydrogen-bond donors (Lipinski definition) is 2. The van der Waals surface area contributed by atoms with Crippen LogP contribution in [0.15, 0.2) is 54.6 Å². The highest BCUT2D eigenvalue weighted by atomic mass is 16.5. The number of nitrogens with one attached hydrogen (secondary N) is 2. The fraction of sp³-hybridized carbons (Fsp3) is 0.250. The van der Waals surface area contributed by atoms with E-state index in [0.29, 0.717) is 23.6 Å². The largest absolute Gasteiger partial charge is 0.492 e. The quantitative estimate of drug-likeness (QED) is 0.696. The zero-order valence-electron chi connectivity index (χ0n) is 15.2. The minimum Gasteiger partial charge on any atom is -0.492 e. The highest BCUT2D eigenvalue weighted by Gasteiger charge is 2.19. The van der Waals surface area contributed by atoms with Gasteiger partial charge in [0.05, 0.1) is 12.3 Å². The third kappa shape index (κ3) is 6.14. The molecule has 0 radical (unpaired) electrons. The maximum atomic E-state index is 12.0.